The lowest BCUT2D eigenvalue weighted by molar-refractivity contribution is 0.0946. The largest absolute Gasteiger partial charge is 0.345 e. The quantitative estimate of drug-likeness (QED) is 0.416. The van der Waals surface area contributed by atoms with E-state index in [1.54, 1.807) is 36.0 Å². The lowest BCUT2D eigenvalue weighted by Gasteiger charge is -2.01. The van der Waals surface area contributed by atoms with Gasteiger partial charge in [0.2, 0.25) is 0 Å². The third-order valence-corrected chi connectivity index (χ3v) is 6.67. The van der Waals surface area contributed by atoms with Crippen LogP contribution in [-0.4, -0.2) is 45.5 Å². The fourth-order valence-electron chi connectivity index (χ4n) is 2.61. The van der Waals surface area contributed by atoms with Crippen molar-refractivity contribution in [3.05, 3.63) is 70.0 Å². The van der Waals surface area contributed by atoms with E-state index in [1.165, 1.54) is 28.2 Å². The van der Waals surface area contributed by atoms with Crippen molar-refractivity contribution in [2.45, 2.75) is 11.4 Å². The molecule has 0 aliphatic heterocycles. The molecule has 3 heterocycles. The highest BCUT2D eigenvalue weighted by atomic mass is 79.9. The highest BCUT2D eigenvalue weighted by molar-refractivity contribution is 9.10. The minimum absolute atomic E-state index is 0.186. The number of rotatable bonds is 6. The smallest absolute Gasteiger partial charge is 0.271 e. The zero-order valence-electron chi connectivity index (χ0n) is 16.1. The van der Waals surface area contributed by atoms with E-state index in [0.29, 0.717) is 16.5 Å². The number of carbonyl (C=O) groups excluding carboxylic acids is 1. The number of nitrogens with one attached hydrogen (secondary N) is 1. The molecule has 1 N–H and O–H groups in total. The SMILES string of the molecule is CS(=O)(=O)c1ccc(-c2nc(C(=O)NCc3cn(-c4ccc(Br)cn4)nn3)cs2)cc1. The zero-order chi connectivity index (χ0) is 22.0. The molecule has 0 unspecified atom stereocenters. The van der Waals surface area contributed by atoms with E-state index >= 15 is 0 Å². The van der Waals surface area contributed by atoms with Gasteiger partial charge in [-0.1, -0.05) is 17.3 Å². The maximum absolute atomic E-state index is 12.4. The third kappa shape index (κ3) is 5.03. The van der Waals surface area contributed by atoms with Gasteiger partial charge in [0.1, 0.15) is 16.4 Å². The second-order valence-electron chi connectivity index (χ2n) is 6.51. The Balaban J connectivity index is 1.40. The van der Waals surface area contributed by atoms with Crippen LogP contribution in [0.25, 0.3) is 16.4 Å². The van der Waals surface area contributed by atoms with Gasteiger partial charge in [-0.25, -0.2) is 23.1 Å². The molecule has 0 aliphatic rings. The van der Waals surface area contributed by atoms with E-state index in [4.69, 9.17) is 0 Å². The van der Waals surface area contributed by atoms with Crippen molar-refractivity contribution in [2.24, 2.45) is 0 Å². The number of pyridine rings is 1. The monoisotopic (exact) mass is 518 g/mol. The van der Waals surface area contributed by atoms with E-state index in [9.17, 15) is 13.2 Å². The molecular weight excluding hydrogens is 504 g/mol. The number of carbonyl (C=O) groups is 1. The second kappa shape index (κ2) is 8.65. The van der Waals surface area contributed by atoms with Crippen LogP contribution in [0.3, 0.4) is 0 Å². The Morgan fingerprint density at radius 3 is 2.65 bits per heavy atom. The molecule has 0 aliphatic carbocycles. The van der Waals surface area contributed by atoms with Crippen LogP contribution in [0, 0.1) is 0 Å². The molecule has 0 saturated heterocycles. The first-order chi connectivity index (χ1) is 14.8. The van der Waals surface area contributed by atoms with E-state index in [1.807, 2.05) is 6.07 Å². The van der Waals surface area contributed by atoms with Gasteiger partial charge in [0.25, 0.3) is 5.91 Å². The van der Waals surface area contributed by atoms with Gasteiger partial charge in [-0.3, -0.25) is 4.79 Å². The summed E-state index contributed by atoms with van der Waals surface area (Å²) in [5.41, 5.74) is 1.58. The molecule has 1 amide bonds. The van der Waals surface area contributed by atoms with Gasteiger partial charge in [-0.2, -0.15) is 0 Å². The first-order valence-electron chi connectivity index (χ1n) is 8.87. The summed E-state index contributed by atoms with van der Waals surface area (Å²) in [6, 6.07) is 10.0. The Bertz CT molecular complexity index is 1330. The van der Waals surface area contributed by atoms with Crippen LogP contribution in [0.4, 0.5) is 0 Å². The van der Waals surface area contributed by atoms with E-state index in [0.717, 1.165) is 16.3 Å². The molecule has 0 radical (unpaired) electrons. The summed E-state index contributed by atoms with van der Waals surface area (Å²) in [6.07, 6.45) is 4.50. The van der Waals surface area contributed by atoms with Crippen molar-refractivity contribution < 1.29 is 13.2 Å². The number of aromatic nitrogens is 5. The van der Waals surface area contributed by atoms with Crippen molar-refractivity contribution in [2.75, 3.05) is 6.26 Å². The molecule has 0 bridgehead atoms. The molecule has 4 rings (SSSR count). The minimum Gasteiger partial charge on any atom is -0.345 e. The predicted molar refractivity (Wildman–Crippen MR) is 119 cm³/mol. The van der Waals surface area contributed by atoms with Crippen molar-refractivity contribution >= 4 is 43.0 Å². The van der Waals surface area contributed by atoms with Crippen LogP contribution < -0.4 is 5.32 Å². The number of halogens is 1. The Labute approximate surface area is 190 Å². The summed E-state index contributed by atoms with van der Waals surface area (Å²) in [4.78, 5) is 21.3. The number of benzene rings is 1. The number of sulfone groups is 1. The van der Waals surface area contributed by atoms with E-state index < -0.39 is 9.84 Å². The van der Waals surface area contributed by atoms with Crippen LogP contribution in [0.1, 0.15) is 16.2 Å². The molecule has 0 fully saturated rings. The maximum atomic E-state index is 12.4. The minimum atomic E-state index is -3.26. The standard InChI is InChI=1S/C19H15BrN6O3S2/c1-31(28,29)15-5-2-12(3-6-15)19-23-16(11-30-19)18(27)22-9-14-10-26(25-24-14)17-7-4-13(20)8-21-17/h2-8,10-11H,9H2,1H3,(H,22,27). The number of hydrogen-bond acceptors (Lipinski definition) is 8. The molecule has 0 atom stereocenters. The van der Waals surface area contributed by atoms with Crippen molar-refractivity contribution in [3.8, 4) is 16.4 Å². The topological polar surface area (TPSA) is 120 Å². The maximum Gasteiger partial charge on any atom is 0.271 e. The van der Waals surface area contributed by atoms with Gasteiger partial charge in [-0.15, -0.1) is 16.4 Å². The summed E-state index contributed by atoms with van der Waals surface area (Å²) in [6.45, 7) is 0.186. The first-order valence-corrected chi connectivity index (χ1v) is 12.4. The average Bonchev–Trinajstić information content (AvgIpc) is 3.42. The lowest BCUT2D eigenvalue weighted by atomic mass is 10.2. The molecule has 0 saturated carbocycles. The normalized spacial score (nSPS) is 11.4. The lowest BCUT2D eigenvalue weighted by Crippen LogP contribution is -2.23. The molecular formula is C19H15BrN6O3S2. The van der Waals surface area contributed by atoms with E-state index in [2.05, 4.69) is 41.5 Å². The van der Waals surface area contributed by atoms with Gasteiger partial charge in [-0.05, 0) is 40.2 Å². The van der Waals surface area contributed by atoms with Crippen LogP contribution >= 0.6 is 27.3 Å². The number of thiazole rings is 1. The van der Waals surface area contributed by atoms with Crippen molar-refractivity contribution in [1.82, 2.24) is 30.3 Å². The van der Waals surface area contributed by atoms with Crippen LogP contribution in [-0.2, 0) is 16.4 Å². The molecule has 158 valence electrons. The van der Waals surface area contributed by atoms with Gasteiger partial charge >= 0.3 is 0 Å². The Kier molecular flexibility index (Phi) is 5.94. The Hall–Kier alpha value is -2.96. The van der Waals surface area contributed by atoms with Crippen molar-refractivity contribution in [3.63, 3.8) is 0 Å². The summed E-state index contributed by atoms with van der Waals surface area (Å²) >= 11 is 4.63. The molecule has 12 heteroatoms. The summed E-state index contributed by atoms with van der Waals surface area (Å²) in [5.74, 6) is 0.269. The fourth-order valence-corrected chi connectivity index (χ4v) is 4.28. The molecule has 1 aromatic carbocycles. The van der Waals surface area contributed by atoms with Gasteiger partial charge < -0.3 is 5.32 Å². The highest BCUT2D eigenvalue weighted by Gasteiger charge is 2.14. The summed E-state index contributed by atoms with van der Waals surface area (Å²) < 4.78 is 25.5. The number of hydrogen-bond donors (Lipinski definition) is 1. The molecule has 9 nitrogen and oxygen atoms in total. The van der Waals surface area contributed by atoms with Gasteiger partial charge in [0, 0.05) is 27.9 Å². The van der Waals surface area contributed by atoms with Gasteiger partial charge in [0.05, 0.1) is 17.6 Å². The fraction of sp³-hybridized carbons (Fsp3) is 0.105. The van der Waals surface area contributed by atoms with Gasteiger partial charge in [0.15, 0.2) is 15.7 Å². The Morgan fingerprint density at radius 2 is 1.97 bits per heavy atom. The molecule has 4 aromatic rings. The highest BCUT2D eigenvalue weighted by Crippen LogP contribution is 2.25. The average molecular weight is 519 g/mol. The molecule has 31 heavy (non-hydrogen) atoms. The third-order valence-electron chi connectivity index (χ3n) is 4.18. The van der Waals surface area contributed by atoms with Crippen molar-refractivity contribution in [1.29, 1.82) is 0 Å². The van der Waals surface area contributed by atoms with Crippen LogP contribution in [0.5, 0.6) is 0 Å². The summed E-state index contributed by atoms with van der Waals surface area (Å²) in [7, 11) is -3.26. The zero-order valence-corrected chi connectivity index (χ0v) is 19.3. The molecule has 3 aromatic heterocycles. The number of nitrogens with zero attached hydrogens (tertiary/aromatic N) is 5. The van der Waals surface area contributed by atoms with Crippen LogP contribution in [0.2, 0.25) is 0 Å². The number of amides is 1. The first kappa shape index (κ1) is 21.3. The Morgan fingerprint density at radius 1 is 1.19 bits per heavy atom. The second-order valence-corrected chi connectivity index (χ2v) is 10.3. The summed E-state index contributed by atoms with van der Waals surface area (Å²) in [5, 5.41) is 13.1. The van der Waals surface area contributed by atoms with Crippen LogP contribution in [0.15, 0.2) is 63.5 Å². The predicted octanol–water partition coefficient (Wildman–Crippen LogP) is 2.88. The van der Waals surface area contributed by atoms with E-state index in [-0.39, 0.29) is 23.0 Å². The molecule has 0 spiro atoms.